The minimum atomic E-state index is -1.14. The molecule has 2 rings (SSSR count). The summed E-state index contributed by atoms with van der Waals surface area (Å²) in [5.74, 6) is -0.611. The van der Waals surface area contributed by atoms with Gasteiger partial charge >= 0.3 is 47.6 Å². The van der Waals surface area contributed by atoms with Gasteiger partial charge in [-0.1, -0.05) is 41.9 Å². The summed E-state index contributed by atoms with van der Waals surface area (Å²) in [4.78, 5) is 34.9. The third-order valence-corrected chi connectivity index (χ3v) is 3.68. The summed E-state index contributed by atoms with van der Waals surface area (Å²) < 4.78 is 15.3. The molecule has 2 aromatic rings. The van der Waals surface area contributed by atoms with Crippen LogP contribution in [0.3, 0.4) is 0 Å². The number of benzene rings is 2. The predicted octanol–water partition coefficient (Wildman–Crippen LogP) is 1.02. The van der Waals surface area contributed by atoms with Gasteiger partial charge in [-0.15, -0.1) is 0 Å². The van der Waals surface area contributed by atoms with Gasteiger partial charge in [0.1, 0.15) is 5.75 Å². The molecule has 0 aromatic heterocycles. The van der Waals surface area contributed by atoms with E-state index in [-0.39, 0.29) is 42.5 Å². The minimum absolute atomic E-state index is 0. The molecular formula is C20H20ClNNaO6+. The molecule has 0 saturated carbocycles. The van der Waals surface area contributed by atoms with Crippen LogP contribution in [0, 0.1) is 0 Å². The van der Waals surface area contributed by atoms with Crippen molar-refractivity contribution in [3.63, 3.8) is 0 Å². The summed E-state index contributed by atoms with van der Waals surface area (Å²) in [7, 11) is 0. The van der Waals surface area contributed by atoms with E-state index in [0.717, 1.165) is 0 Å². The predicted molar refractivity (Wildman–Crippen MR) is 102 cm³/mol. The summed E-state index contributed by atoms with van der Waals surface area (Å²) >= 11 is 5.76. The van der Waals surface area contributed by atoms with E-state index in [1.54, 1.807) is 54.6 Å². The van der Waals surface area contributed by atoms with E-state index in [9.17, 15) is 14.4 Å². The molecule has 0 aliphatic carbocycles. The molecular weight excluding hydrogens is 409 g/mol. The summed E-state index contributed by atoms with van der Waals surface area (Å²) in [6.07, 6.45) is -1.45. The maximum atomic E-state index is 11.9. The molecule has 0 bridgehead atoms. The van der Waals surface area contributed by atoms with Gasteiger partial charge in [-0.2, -0.15) is 0 Å². The Hall–Kier alpha value is -2.06. The molecule has 0 heterocycles. The molecule has 0 saturated heterocycles. The molecule has 0 fully saturated rings. The Bertz CT molecular complexity index is 800. The van der Waals surface area contributed by atoms with Gasteiger partial charge in [0.15, 0.2) is 0 Å². The molecule has 1 unspecified atom stereocenters. The van der Waals surface area contributed by atoms with Gasteiger partial charge in [-0.05, 0) is 30.7 Å². The van der Waals surface area contributed by atoms with Crippen LogP contribution < -0.4 is 39.6 Å². The average molecular weight is 429 g/mol. The molecule has 0 spiro atoms. The van der Waals surface area contributed by atoms with Crippen molar-refractivity contribution >= 4 is 29.6 Å². The van der Waals surface area contributed by atoms with Crippen molar-refractivity contribution < 1.29 is 58.2 Å². The molecule has 9 heteroatoms. The van der Waals surface area contributed by atoms with Crippen molar-refractivity contribution in [3.05, 3.63) is 65.2 Å². The van der Waals surface area contributed by atoms with E-state index in [4.69, 9.17) is 25.8 Å². The fraction of sp³-hybridized carbons (Fsp3) is 0.250. The zero-order chi connectivity index (χ0) is 20.4. The van der Waals surface area contributed by atoms with Crippen molar-refractivity contribution in [1.82, 2.24) is 5.32 Å². The van der Waals surface area contributed by atoms with Gasteiger partial charge in [0, 0.05) is 30.5 Å². The first-order valence-electron chi connectivity index (χ1n) is 8.57. The number of halogens is 1. The van der Waals surface area contributed by atoms with E-state index >= 15 is 0 Å². The summed E-state index contributed by atoms with van der Waals surface area (Å²) in [5, 5.41) is 3.05. The van der Waals surface area contributed by atoms with E-state index in [2.05, 4.69) is 5.32 Å². The number of rotatable bonds is 8. The van der Waals surface area contributed by atoms with Crippen LogP contribution >= 0.6 is 11.6 Å². The maximum absolute atomic E-state index is 11.9. The third-order valence-electron chi connectivity index (χ3n) is 3.43. The van der Waals surface area contributed by atoms with E-state index in [1.807, 2.05) is 0 Å². The summed E-state index contributed by atoms with van der Waals surface area (Å²) in [5.41, 5.74) is 0.527. The van der Waals surface area contributed by atoms with E-state index in [0.29, 0.717) is 22.8 Å². The molecule has 0 aliphatic heterocycles. The SMILES string of the molecule is CC(=O)OC(OC(=O)NCCCC(=O)Oc1ccc(Cl)cc1)c1ccccc1.[Na+]. The van der Waals surface area contributed by atoms with Crippen molar-refractivity contribution in [2.45, 2.75) is 26.1 Å². The quantitative estimate of drug-likeness (QED) is 0.222. The average Bonchev–Trinajstić information content (AvgIpc) is 2.67. The monoisotopic (exact) mass is 428 g/mol. The van der Waals surface area contributed by atoms with Crippen LogP contribution in [-0.2, 0) is 19.1 Å². The van der Waals surface area contributed by atoms with Gasteiger partial charge in [0.05, 0.1) is 0 Å². The Labute approximate surface area is 195 Å². The zero-order valence-corrected chi connectivity index (χ0v) is 19.0. The number of nitrogens with one attached hydrogen (secondary N) is 1. The van der Waals surface area contributed by atoms with Crippen molar-refractivity contribution in [1.29, 1.82) is 0 Å². The second-order valence-electron chi connectivity index (χ2n) is 5.72. The first-order chi connectivity index (χ1) is 13.4. The number of hydrogen-bond acceptors (Lipinski definition) is 6. The molecule has 7 nitrogen and oxygen atoms in total. The zero-order valence-electron chi connectivity index (χ0n) is 16.2. The number of carbonyl (C=O) groups excluding carboxylic acids is 3. The molecule has 1 N–H and O–H groups in total. The topological polar surface area (TPSA) is 90.9 Å². The standard InChI is InChI=1S/C20H20ClNO6.Na/c1-14(23)26-19(15-6-3-2-4-7-15)28-20(25)22-13-5-8-18(24)27-17-11-9-16(21)10-12-17;/h2-4,6-7,9-12,19H,5,8,13H2,1H3,(H,22,25);/q;+1. The third kappa shape index (κ3) is 9.80. The number of ether oxygens (including phenoxy) is 3. The van der Waals surface area contributed by atoms with Crippen LogP contribution in [0.2, 0.25) is 5.02 Å². The van der Waals surface area contributed by atoms with Gasteiger partial charge in [0.25, 0.3) is 6.29 Å². The molecule has 1 amide bonds. The van der Waals surface area contributed by atoms with Crippen LogP contribution in [0.4, 0.5) is 4.79 Å². The molecule has 1 atom stereocenters. The Balaban J connectivity index is 0.00000420. The molecule has 29 heavy (non-hydrogen) atoms. The Morgan fingerprint density at radius 3 is 2.28 bits per heavy atom. The normalized spacial score (nSPS) is 10.8. The first kappa shape index (κ1) is 25.0. The fourth-order valence-corrected chi connectivity index (χ4v) is 2.29. The van der Waals surface area contributed by atoms with Crippen LogP contribution in [0.15, 0.2) is 54.6 Å². The van der Waals surface area contributed by atoms with E-state index < -0.39 is 24.3 Å². The number of alkyl carbamates (subject to hydrolysis) is 1. The number of hydrogen-bond donors (Lipinski definition) is 1. The number of carbonyl (C=O) groups is 3. The van der Waals surface area contributed by atoms with Crippen LogP contribution in [0.5, 0.6) is 5.75 Å². The second kappa shape index (κ2) is 13.2. The smallest absolute Gasteiger partial charge is 0.427 e. The van der Waals surface area contributed by atoms with Crippen molar-refractivity contribution in [2.24, 2.45) is 0 Å². The Kier molecular flexibility index (Phi) is 11.4. The maximum Gasteiger partial charge on any atom is 1.00 e. The summed E-state index contributed by atoms with van der Waals surface area (Å²) in [6.45, 7) is 1.42. The Morgan fingerprint density at radius 2 is 1.66 bits per heavy atom. The van der Waals surface area contributed by atoms with Gasteiger partial charge < -0.3 is 19.5 Å². The first-order valence-corrected chi connectivity index (χ1v) is 8.95. The largest absolute Gasteiger partial charge is 1.00 e. The molecule has 2 aromatic carbocycles. The van der Waals surface area contributed by atoms with Gasteiger partial charge in [0.2, 0.25) is 0 Å². The van der Waals surface area contributed by atoms with E-state index in [1.165, 1.54) is 6.92 Å². The van der Waals surface area contributed by atoms with Gasteiger partial charge in [-0.3, -0.25) is 9.59 Å². The molecule has 148 valence electrons. The Morgan fingerprint density at radius 1 is 1.00 bits per heavy atom. The van der Waals surface area contributed by atoms with Crippen LogP contribution in [-0.4, -0.2) is 24.6 Å². The van der Waals surface area contributed by atoms with Crippen LogP contribution in [0.25, 0.3) is 0 Å². The molecule has 0 radical (unpaired) electrons. The fourth-order valence-electron chi connectivity index (χ4n) is 2.17. The van der Waals surface area contributed by atoms with Gasteiger partial charge in [-0.25, -0.2) is 4.79 Å². The summed E-state index contributed by atoms with van der Waals surface area (Å²) in [6, 6.07) is 15.0. The number of esters is 2. The van der Waals surface area contributed by atoms with Crippen molar-refractivity contribution in [2.75, 3.05) is 6.54 Å². The minimum Gasteiger partial charge on any atom is -0.427 e. The second-order valence-corrected chi connectivity index (χ2v) is 6.15. The number of amides is 1. The van der Waals surface area contributed by atoms with Crippen LogP contribution in [0.1, 0.15) is 31.6 Å². The molecule has 0 aliphatic rings. The van der Waals surface area contributed by atoms with Crippen molar-refractivity contribution in [3.8, 4) is 5.75 Å².